The highest BCUT2D eigenvalue weighted by atomic mass is 19.4. The van der Waals surface area contributed by atoms with Gasteiger partial charge in [-0.3, -0.25) is 9.69 Å². The summed E-state index contributed by atoms with van der Waals surface area (Å²) in [6.07, 6.45) is -1.92. The fourth-order valence-electron chi connectivity index (χ4n) is 4.03. The van der Waals surface area contributed by atoms with E-state index in [-0.39, 0.29) is 24.2 Å². The number of piperidine rings is 1. The number of hydrogen-bond donors (Lipinski definition) is 1. The third-order valence-corrected chi connectivity index (χ3v) is 5.89. The van der Waals surface area contributed by atoms with Crippen LogP contribution in [0.1, 0.15) is 49.7 Å². The minimum absolute atomic E-state index is 0.0207. The molecule has 2 heterocycles. The molecule has 9 heteroatoms. The van der Waals surface area contributed by atoms with Crippen LogP contribution in [-0.2, 0) is 6.18 Å². The number of likely N-dealkylation sites (tertiary alicyclic amines) is 1. The van der Waals surface area contributed by atoms with Crippen LogP contribution in [0, 0.1) is 17.7 Å². The number of aromatic nitrogens is 2. The summed E-state index contributed by atoms with van der Waals surface area (Å²) in [7, 11) is 0. The lowest BCUT2D eigenvalue weighted by atomic mass is 9.94. The van der Waals surface area contributed by atoms with Gasteiger partial charge in [0, 0.05) is 12.6 Å². The van der Waals surface area contributed by atoms with Crippen molar-refractivity contribution in [1.82, 2.24) is 20.0 Å². The second-order valence-corrected chi connectivity index (χ2v) is 8.51. The van der Waals surface area contributed by atoms with Gasteiger partial charge in [-0.15, -0.1) is 0 Å². The molecule has 0 aliphatic carbocycles. The molecule has 1 unspecified atom stereocenters. The lowest BCUT2D eigenvalue weighted by molar-refractivity contribution is -0.143. The van der Waals surface area contributed by atoms with Crippen LogP contribution < -0.4 is 5.32 Å². The van der Waals surface area contributed by atoms with Gasteiger partial charge in [-0.05, 0) is 49.9 Å². The van der Waals surface area contributed by atoms with E-state index >= 15 is 0 Å². The van der Waals surface area contributed by atoms with Gasteiger partial charge < -0.3 is 5.32 Å². The quantitative estimate of drug-likeness (QED) is 0.673. The normalized spacial score (nSPS) is 17.2. The van der Waals surface area contributed by atoms with Gasteiger partial charge in [0.2, 0.25) is 0 Å². The molecule has 1 amide bonds. The highest BCUT2D eigenvalue weighted by Gasteiger charge is 2.41. The van der Waals surface area contributed by atoms with Gasteiger partial charge in [0.1, 0.15) is 11.5 Å². The Hall–Kier alpha value is -2.42. The number of nitrogens with zero attached hydrogens (tertiary/aromatic N) is 3. The molecule has 3 rings (SSSR count). The molecular weight excluding hydrogens is 412 g/mol. The van der Waals surface area contributed by atoms with Crippen molar-refractivity contribution >= 4 is 5.91 Å². The van der Waals surface area contributed by atoms with Crippen molar-refractivity contribution < 1.29 is 22.4 Å². The van der Waals surface area contributed by atoms with Crippen molar-refractivity contribution in [2.75, 3.05) is 19.6 Å². The van der Waals surface area contributed by atoms with Crippen LogP contribution in [0.2, 0.25) is 0 Å². The van der Waals surface area contributed by atoms with Crippen molar-refractivity contribution in [2.24, 2.45) is 11.8 Å². The van der Waals surface area contributed by atoms with Crippen molar-refractivity contribution in [1.29, 1.82) is 0 Å². The maximum absolute atomic E-state index is 14.1. The van der Waals surface area contributed by atoms with Gasteiger partial charge in [-0.25, -0.2) is 9.07 Å². The van der Waals surface area contributed by atoms with E-state index in [9.17, 15) is 22.4 Å². The first-order valence-electron chi connectivity index (χ1n) is 10.5. The van der Waals surface area contributed by atoms with E-state index in [1.165, 1.54) is 18.2 Å². The summed E-state index contributed by atoms with van der Waals surface area (Å²) in [6, 6.07) is 5.03. The highest BCUT2D eigenvalue weighted by Crippen LogP contribution is 2.34. The fraction of sp³-hybridized carbons (Fsp3) is 0.545. The maximum Gasteiger partial charge on any atom is 0.434 e. The molecule has 0 bridgehead atoms. The van der Waals surface area contributed by atoms with E-state index < -0.39 is 29.2 Å². The number of alkyl halides is 3. The first kappa shape index (κ1) is 23.2. The largest absolute Gasteiger partial charge is 0.434 e. The average molecular weight is 440 g/mol. The van der Waals surface area contributed by atoms with E-state index in [2.05, 4.69) is 22.2 Å². The standard InChI is InChI=1S/C22H28F4N4O/c1-14(2)19(29-10-8-15(3)9-11-29)13-27-21(31)16-12-28-30(20(16)22(24,25)26)18-7-5-4-6-17(18)23/h4-7,12,14-15,19H,8-11,13H2,1-3H3,(H,27,31). The maximum atomic E-state index is 14.1. The summed E-state index contributed by atoms with van der Waals surface area (Å²) in [5, 5.41) is 6.33. The molecule has 1 aliphatic heterocycles. The lowest BCUT2D eigenvalue weighted by Gasteiger charge is -2.38. The molecule has 1 aliphatic rings. The summed E-state index contributed by atoms with van der Waals surface area (Å²) in [5.41, 5.74) is -2.27. The van der Waals surface area contributed by atoms with E-state index in [4.69, 9.17) is 0 Å². The van der Waals surface area contributed by atoms with Crippen LogP contribution >= 0.6 is 0 Å². The van der Waals surface area contributed by atoms with Gasteiger partial charge in [-0.2, -0.15) is 18.3 Å². The van der Waals surface area contributed by atoms with Gasteiger partial charge in [-0.1, -0.05) is 32.9 Å². The van der Waals surface area contributed by atoms with Crippen molar-refractivity contribution in [2.45, 2.75) is 45.8 Å². The van der Waals surface area contributed by atoms with Crippen LogP contribution in [0.5, 0.6) is 0 Å². The molecule has 31 heavy (non-hydrogen) atoms. The van der Waals surface area contributed by atoms with Gasteiger partial charge in [0.15, 0.2) is 5.69 Å². The van der Waals surface area contributed by atoms with Crippen molar-refractivity contribution in [3.05, 3.63) is 47.5 Å². The van der Waals surface area contributed by atoms with Crippen molar-refractivity contribution in [3.8, 4) is 5.69 Å². The molecule has 170 valence electrons. The van der Waals surface area contributed by atoms with Gasteiger partial charge >= 0.3 is 6.18 Å². The highest BCUT2D eigenvalue weighted by molar-refractivity contribution is 5.95. The molecule has 0 spiro atoms. The summed E-state index contributed by atoms with van der Waals surface area (Å²) in [6.45, 7) is 8.30. The molecule has 5 nitrogen and oxygen atoms in total. The predicted octanol–water partition coefficient (Wildman–Crippen LogP) is 4.52. The number of benzene rings is 1. The van der Waals surface area contributed by atoms with Crippen LogP contribution in [0.15, 0.2) is 30.5 Å². The van der Waals surface area contributed by atoms with Crippen LogP contribution in [0.3, 0.4) is 0 Å². The number of para-hydroxylation sites is 1. The van der Waals surface area contributed by atoms with Crippen LogP contribution in [0.4, 0.5) is 17.6 Å². The minimum Gasteiger partial charge on any atom is -0.350 e. The molecule has 0 saturated carbocycles. The monoisotopic (exact) mass is 440 g/mol. The Labute approximate surface area is 179 Å². The second-order valence-electron chi connectivity index (χ2n) is 8.51. The number of carbonyl (C=O) groups excluding carboxylic acids is 1. The minimum atomic E-state index is -4.88. The first-order valence-corrected chi connectivity index (χ1v) is 10.5. The molecule has 1 atom stereocenters. The topological polar surface area (TPSA) is 50.2 Å². The van der Waals surface area contributed by atoms with Crippen LogP contribution in [0.25, 0.3) is 5.69 Å². The Morgan fingerprint density at radius 1 is 1.23 bits per heavy atom. The number of carbonyl (C=O) groups is 1. The lowest BCUT2D eigenvalue weighted by Crippen LogP contribution is -2.49. The number of nitrogens with one attached hydrogen (secondary N) is 1. The Kier molecular flexibility index (Phi) is 7.03. The molecule has 1 N–H and O–H groups in total. The Morgan fingerprint density at radius 2 is 1.87 bits per heavy atom. The van der Waals surface area contributed by atoms with E-state index in [1.807, 2.05) is 13.8 Å². The van der Waals surface area contributed by atoms with E-state index in [0.29, 0.717) is 10.6 Å². The summed E-state index contributed by atoms with van der Waals surface area (Å²) in [5.74, 6) is -0.859. The first-order chi connectivity index (χ1) is 14.6. The Morgan fingerprint density at radius 3 is 2.45 bits per heavy atom. The van der Waals surface area contributed by atoms with Gasteiger partial charge in [0.05, 0.1) is 11.8 Å². The summed E-state index contributed by atoms with van der Waals surface area (Å²) < 4.78 is 55.9. The fourth-order valence-corrected chi connectivity index (χ4v) is 4.03. The molecule has 1 saturated heterocycles. The molecule has 2 aromatic rings. The number of amides is 1. The Balaban J connectivity index is 1.82. The zero-order chi connectivity index (χ0) is 22.8. The zero-order valence-corrected chi connectivity index (χ0v) is 17.9. The smallest absolute Gasteiger partial charge is 0.350 e. The number of halogens is 4. The average Bonchev–Trinajstić information content (AvgIpc) is 3.15. The Bertz CT molecular complexity index is 901. The molecular formula is C22H28F4N4O. The third-order valence-electron chi connectivity index (χ3n) is 5.89. The molecule has 0 radical (unpaired) electrons. The van der Waals surface area contributed by atoms with Crippen molar-refractivity contribution in [3.63, 3.8) is 0 Å². The second kappa shape index (κ2) is 9.38. The zero-order valence-electron chi connectivity index (χ0n) is 17.9. The predicted molar refractivity (Wildman–Crippen MR) is 109 cm³/mol. The van der Waals surface area contributed by atoms with E-state index in [0.717, 1.165) is 38.2 Å². The summed E-state index contributed by atoms with van der Waals surface area (Å²) in [4.78, 5) is 15.0. The third kappa shape index (κ3) is 5.26. The molecule has 1 fully saturated rings. The summed E-state index contributed by atoms with van der Waals surface area (Å²) >= 11 is 0. The van der Waals surface area contributed by atoms with Gasteiger partial charge in [0.25, 0.3) is 5.91 Å². The number of hydrogen-bond acceptors (Lipinski definition) is 3. The van der Waals surface area contributed by atoms with Crippen LogP contribution in [-0.4, -0.2) is 46.3 Å². The number of rotatable bonds is 6. The SMILES string of the molecule is CC1CCN(C(CNC(=O)c2cnn(-c3ccccc3F)c2C(F)(F)F)C(C)C)CC1. The van der Waals surface area contributed by atoms with E-state index in [1.54, 1.807) is 0 Å². The molecule has 1 aromatic carbocycles. The molecule has 1 aromatic heterocycles.